The van der Waals surface area contributed by atoms with Crippen LogP contribution >= 0.6 is 0 Å². The van der Waals surface area contributed by atoms with Crippen molar-refractivity contribution in [3.8, 4) is 5.88 Å². The van der Waals surface area contributed by atoms with E-state index < -0.39 is 34.6 Å². The molecule has 1 N–H and O–H groups in total. The molecule has 2 heterocycles. The Balaban J connectivity index is 0.00000256. The summed E-state index contributed by atoms with van der Waals surface area (Å²) in [6.45, 7) is 0. The summed E-state index contributed by atoms with van der Waals surface area (Å²) >= 11 is 0. The second kappa shape index (κ2) is 7.36. The van der Waals surface area contributed by atoms with Crippen LogP contribution in [0.15, 0.2) is 50.1 Å². The number of amides is 2. The predicted molar refractivity (Wildman–Crippen MR) is 103 cm³/mol. The SMILES string of the molecule is CN1C(=O)c2c(N=Nc3c(O)n(C)c(=O)n(C)c3=O)cc3ccccc3c2C1=O.[Cu+2]. The van der Waals surface area contributed by atoms with Crippen molar-refractivity contribution in [2.75, 3.05) is 7.05 Å². The Morgan fingerprint density at radius 2 is 1.50 bits per heavy atom. The molecule has 0 bridgehead atoms. The second-order valence-electron chi connectivity index (χ2n) is 6.61. The summed E-state index contributed by atoms with van der Waals surface area (Å²) in [6.07, 6.45) is 0. The number of azo groups is 1. The Labute approximate surface area is 179 Å². The molecule has 0 aliphatic carbocycles. The molecule has 1 aromatic heterocycles. The van der Waals surface area contributed by atoms with E-state index in [0.717, 1.165) is 14.0 Å². The van der Waals surface area contributed by atoms with Gasteiger partial charge in [-0.1, -0.05) is 24.3 Å². The fourth-order valence-corrected chi connectivity index (χ4v) is 3.29. The number of nitrogens with zero attached hydrogens (tertiary/aromatic N) is 5. The number of fused-ring (bicyclic) bond motifs is 3. The zero-order valence-corrected chi connectivity index (χ0v) is 16.9. The van der Waals surface area contributed by atoms with E-state index in [-0.39, 0.29) is 33.9 Å². The monoisotopic (exact) mass is 456 g/mol. The van der Waals surface area contributed by atoms with Crippen LogP contribution in [0.4, 0.5) is 11.4 Å². The summed E-state index contributed by atoms with van der Waals surface area (Å²) in [5.41, 5.74) is -1.66. The van der Waals surface area contributed by atoms with Crippen LogP contribution in [0.25, 0.3) is 10.8 Å². The van der Waals surface area contributed by atoms with Gasteiger partial charge >= 0.3 is 22.8 Å². The molecule has 4 rings (SSSR count). The van der Waals surface area contributed by atoms with Gasteiger partial charge in [-0.2, -0.15) is 0 Å². The Bertz CT molecular complexity index is 1390. The average Bonchev–Trinajstić information content (AvgIpc) is 2.95. The van der Waals surface area contributed by atoms with Gasteiger partial charge in [-0.15, -0.1) is 10.2 Å². The van der Waals surface area contributed by atoms with Crippen molar-refractivity contribution < 1.29 is 31.8 Å². The minimum Gasteiger partial charge on any atom is -0.493 e. The van der Waals surface area contributed by atoms with E-state index >= 15 is 0 Å². The van der Waals surface area contributed by atoms with Gasteiger partial charge < -0.3 is 5.11 Å². The normalized spacial score (nSPS) is 13.2. The van der Waals surface area contributed by atoms with Crippen LogP contribution in [0.1, 0.15) is 20.7 Å². The van der Waals surface area contributed by atoms with Gasteiger partial charge in [-0.3, -0.25) is 28.4 Å². The predicted octanol–water partition coefficient (Wildman–Crippen LogP) is 1.58. The molecule has 3 aromatic rings. The maximum absolute atomic E-state index is 12.6. The smallest absolute Gasteiger partial charge is 0.493 e. The molecule has 155 valence electrons. The maximum Gasteiger partial charge on any atom is 2.00 e. The third kappa shape index (κ3) is 2.87. The first-order chi connectivity index (χ1) is 13.7. The summed E-state index contributed by atoms with van der Waals surface area (Å²) in [7, 11) is 3.89. The van der Waals surface area contributed by atoms with Crippen molar-refractivity contribution in [3.63, 3.8) is 0 Å². The fourth-order valence-electron chi connectivity index (χ4n) is 3.29. The molecule has 0 spiro atoms. The van der Waals surface area contributed by atoms with E-state index in [2.05, 4.69) is 10.2 Å². The van der Waals surface area contributed by atoms with Gasteiger partial charge in [-0.05, 0) is 16.8 Å². The molecule has 0 fully saturated rings. The minimum absolute atomic E-state index is 0. The third-order valence-electron chi connectivity index (χ3n) is 4.93. The van der Waals surface area contributed by atoms with Gasteiger partial charge in [0.25, 0.3) is 17.4 Å². The maximum atomic E-state index is 12.6. The Morgan fingerprint density at radius 3 is 2.20 bits per heavy atom. The molecule has 1 aliphatic heterocycles. The van der Waals surface area contributed by atoms with Gasteiger partial charge in [0.05, 0.1) is 16.8 Å². The first-order valence-corrected chi connectivity index (χ1v) is 8.53. The molecule has 0 saturated heterocycles. The second-order valence-corrected chi connectivity index (χ2v) is 6.61. The van der Waals surface area contributed by atoms with Crippen LogP contribution in [0.5, 0.6) is 5.88 Å². The topological polar surface area (TPSA) is 126 Å². The number of rotatable bonds is 2. The van der Waals surface area contributed by atoms with Crippen molar-refractivity contribution in [2.45, 2.75) is 0 Å². The number of hydrogen-bond donors (Lipinski definition) is 1. The van der Waals surface area contributed by atoms with Crippen LogP contribution in [0.2, 0.25) is 0 Å². The zero-order chi connectivity index (χ0) is 21.0. The number of benzene rings is 2. The first kappa shape index (κ1) is 21.2. The Kier molecular flexibility index (Phi) is 5.19. The van der Waals surface area contributed by atoms with E-state index in [0.29, 0.717) is 10.8 Å². The number of carbonyl (C=O) groups excluding carboxylic acids is 2. The molecule has 30 heavy (non-hydrogen) atoms. The summed E-state index contributed by atoms with van der Waals surface area (Å²) < 4.78 is 1.63. The molecule has 0 unspecified atom stereocenters. The summed E-state index contributed by atoms with van der Waals surface area (Å²) in [5, 5.41) is 19.2. The van der Waals surface area contributed by atoms with Crippen molar-refractivity contribution in [2.24, 2.45) is 24.3 Å². The molecule has 1 radical (unpaired) electrons. The number of aromatic nitrogens is 2. The van der Waals surface area contributed by atoms with Gasteiger partial charge in [0.1, 0.15) is 0 Å². The molecule has 1 aliphatic rings. The number of imide groups is 1. The number of carbonyl (C=O) groups is 2. The molecule has 0 saturated carbocycles. The zero-order valence-electron chi connectivity index (χ0n) is 16.0. The van der Waals surface area contributed by atoms with E-state index in [1.165, 1.54) is 21.1 Å². The largest absolute Gasteiger partial charge is 2.00 e. The Hall–Kier alpha value is -3.56. The molecule has 2 aromatic carbocycles. The van der Waals surface area contributed by atoms with Crippen LogP contribution in [0, 0.1) is 0 Å². The van der Waals surface area contributed by atoms with Gasteiger partial charge in [0.2, 0.25) is 11.6 Å². The van der Waals surface area contributed by atoms with Crippen molar-refractivity contribution in [3.05, 3.63) is 62.3 Å². The summed E-state index contributed by atoms with van der Waals surface area (Å²) in [6, 6.07) is 8.59. The fraction of sp³-hybridized carbons (Fsp3) is 0.158. The van der Waals surface area contributed by atoms with Crippen LogP contribution < -0.4 is 11.2 Å². The van der Waals surface area contributed by atoms with Crippen LogP contribution in [-0.4, -0.2) is 38.0 Å². The van der Waals surface area contributed by atoms with Crippen molar-refractivity contribution >= 4 is 34.0 Å². The Morgan fingerprint density at radius 1 is 0.867 bits per heavy atom. The molecule has 2 amide bonds. The van der Waals surface area contributed by atoms with Gasteiger partial charge in [0, 0.05) is 21.1 Å². The molecule has 11 heteroatoms. The van der Waals surface area contributed by atoms with E-state index in [4.69, 9.17) is 0 Å². The quantitative estimate of drug-likeness (QED) is 0.356. The van der Waals surface area contributed by atoms with E-state index in [1.807, 2.05) is 0 Å². The molecule has 0 atom stereocenters. The minimum atomic E-state index is -0.841. The van der Waals surface area contributed by atoms with Crippen LogP contribution in [-0.2, 0) is 31.2 Å². The molecular weight excluding hydrogens is 442 g/mol. The standard InChI is InChI=1S/C19H15N5O5.Cu/c1-22-15(25)12-10-7-5-4-6-9(10)8-11(13(12)16(22)26)20-21-14-17(27)23(2)19(29)24(3)18(14)28;/h4-8,27H,1-3H3;/q;+2. The van der Waals surface area contributed by atoms with Gasteiger partial charge in [-0.25, -0.2) is 4.79 Å². The van der Waals surface area contributed by atoms with Crippen molar-refractivity contribution in [1.29, 1.82) is 0 Å². The molecule has 10 nitrogen and oxygen atoms in total. The van der Waals surface area contributed by atoms with E-state index in [9.17, 15) is 24.3 Å². The van der Waals surface area contributed by atoms with Crippen molar-refractivity contribution in [1.82, 2.24) is 14.0 Å². The van der Waals surface area contributed by atoms with E-state index in [1.54, 1.807) is 30.3 Å². The first-order valence-electron chi connectivity index (χ1n) is 8.53. The molecular formula is C19H15CuN5O5+2. The summed E-state index contributed by atoms with van der Waals surface area (Å²) in [5.74, 6) is -1.65. The number of aromatic hydroxyl groups is 1. The van der Waals surface area contributed by atoms with Gasteiger partial charge in [0.15, 0.2) is 0 Å². The average molecular weight is 457 g/mol. The number of hydrogen-bond acceptors (Lipinski definition) is 7. The van der Waals surface area contributed by atoms with Crippen LogP contribution in [0.3, 0.4) is 0 Å². The third-order valence-corrected chi connectivity index (χ3v) is 4.93. The summed E-state index contributed by atoms with van der Waals surface area (Å²) in [4.78, 5) is 50.3.